The molecule has 0 aliphatic carbocycles. The summed E-state index contributed by atoms with van der Waals surface area (Å²) >= 11 is 12.3. The van der Waals surface area contributed by atoms with E-state index in [0.717, 1.165) is 22.6 Å². The second-order valence-corrected chi connectivity index (χ2v) is 6.74. The number of aliphatic hydroxyl groups is 1. The average Bonchev–Trinajstić information content (AvgIpc) is 3.12. The molecular formula is C20H20Cl2N2O3. The van der Waals surface area contributed by atoms with Crippen molar-refractivity contribution in [3.8, 4) is 28.4 Å². The minimum atomic E-state index is 0.116. The number of halogens is 2. The Balaban J connectivity index is 2.12. The first-order valence-electron chi connectivity index (χ1n) is 8.45. The molecule has 2 aromatic carbocycles. The molecule has 5 nitrogen and oxygen atoms in total. The lowest BCUT2D eigenvalue weighted by Gasteiger charge is -2.12. The molecule has 1 N–H and O–H groups in total. The van der Waals surface area contributed by atoms with Gasteiger partial charge in [-0.2, -0.15) is 5.10 Å². The first kappa shape index (κ1) is 19.5. The van der Waals surface area contributed by atoms with Crippen molar-refractivity contribution in [1.82, 2.24) is 9.78 Å². The third-order valence-corrected chi connectivity index (χ3v) is 4.92. The van der Waals surface area contributed by atoms with Gasteiger partial charge in [-0.05, 0) is 43.2 Å². The number of ether oxygens (including phenoxy) is 2. The Labute approximate surface area is 168 Å². The molecule has 0 aliphatic heterocycles. The van der Waals surface area contributed by atoms with Crippen LogP contribution >= 0.6 is 23.2 Å². The molecule has 0 unspecified atom stereocenters. The summed E-state index contributed by atoms with van der Waals surface area (Å²) in [6, 6.07) is 13.1. The topological polar surface area (TPSA) is 56.5 Å². The van der Waals surface area contributed by atoms with E-state index in [1.807, 2.05) is 41.1 Å². The van der Waals surface area contributed by atoms with Crippen LogP contribution < -0.4 is 9.47 Å². The fourth-order valence-electron chi connectivity index (χ4n) is 2.83. The Kier molecular flexibility index (Phi) is 6.26. The molecule has 0 spiro atoms. The number of hydrogen-bond acceptors (Lipinski definition) is 4. The van der Waals surface area contributed by atoms with E-state index in [0.29, 0.717) is 34.4 Å². The standard InChI is InChI=1S/C20H20Cl2N2O3/c1-26-19-8-6-15(12-20(19)27-2)24-18(11-14(23-24)4-3-9-25)13-5-7-16(21)17(22)10-13/h5-8,10-12,25H,3-4,9H2,1-2H3. The van der Waals surface area contributed by atoms with E-state index in [9.17, 15) is 0 Å². The molecular weight excluding hydrogens is 387 g/mol. The predicted octanol–water partition coefficient (Wildman–Crippen LogP) is 4.79. The van der Waals surface area contributed by atoms with Crippen LogP contribution in [0.2, 0.25) is 10.0 Å². The van der Waals surface area contributed by atoms with E-state index in [2.05, 4.69) is 0 Å². The molecule has 0 saturated carbocycles. The molecule has 1 aromatic heterocycles. The van der Waals surface area contributed by atoms with Crippen LogP contribution in [0.1, 0.15) is 12.1 Å². The fourth-order valence-corrected chi connectivity index (χ4v) is 3.13. The van der Waals surface area contributed by atoms with Crippen LogP contribution in [0.4, 0.5) is 0 Å². The second kappa shape index (κ2) is 8.65. The van der Waals surface area contributed by atoms with Gasteiger partial charge in [0.2, 0.25) is 0 Å². The van der Waals surface area contributed by atoms with Gasteiger partial charge in [0.15, 0.2) is 11.5 Å². The van der Waals surface area contributed by atoms with E-state index in [-0.39, 0.29) is 6.61 Å². The van der Waals surface area contributed by atoms with Crippen LogP contribution in [-0.4, -0.2) is 35.7 Å². The van der Waals surface area contributed by atoms with Gasteiger partial charge in [-0.15, -0.1) is 0 Å². The minimum absolute atomic E-state index is 0.116. The summed E-state index contributed by atoms with van der Waals surface area (Å²) in [5.41, 5.74) is 3.46. The van der Waals surface area contributed by atoms with Gasteiger partial charge in [-0.25, -0.2) is 4.68 Å². The molecule has 142 valence electrons. The number of hydrogen-bond donors (Lipinski definition) is 1. The van der Waals surface area contributed by atoms with E-state index >= 15 is 0 Å². The highest BCUT2D eigenvalue weighted by Gasteiger charge is 2.15. The van der Waals surface area contributed by atoms with Gasteiger partial charge in [-0.1, -0.05) is 29.3 Å². The minimum Gasteiger partial charge on any atom is -0.493 e. The lowest BCUT2D eigenvalue weighted by atomic mass is 10.1. The van der Waals surface area contributed by atoms with Crippen molar-refractivity contribution in [2.45, 2.75) is 12.8 Å². The molecule has 0 saturated heterocycles. The van der Waals surface area contributed by atoms with E-state index in [1.54, 1.807) is 20.3 Å². The molecule has 0 amide bonds. The van der Waals surface area contributed by atoms with Gasteiger partial charge in [0, 0.05) is 18.2 Å². The van der Waals surface area contributed by atoms with Crippen molar-refractivity contribution in [2.75, 3.05) is 20.8 Å². The Morgan fingerprint density at radius 2 is 1.74 bits per heavy atom. The van der Waals surface area contributed by atoms with E-state index in [4.69, 9.17) is 42.9 Å². The number of nitrogens with zero attached hydrogens (tertiary/aromatic N) is 2. The van der Waals surface area contributed by atoms with Crippen molar-refractivity contribution in [3.63, 3.8) is 0 Å². The number of aliphatic hydroxyl groups excluding tert-OH is 1. The van der Waals surface area contributed by atoms with Crippen molar-refractivity contribution < 1.29 is 14.6 Å². The highest BCUT2D eigenvalue weighted by molar-refractivity contribution is 6.42. The van der Waals surface area contributed by atoms with Crippen LogP contribution in [0, 0.1) is 0 Å². The van der Waals surface area contributed by atoms with Crippen LogP contribution in [0.15, 0.2) is 42.5 Å². The maximum Gasteiger partial charge on any atom is 0.162 e. The second-order valence-electron chi connectivity index (χ2n) is 5.93. The average molecular weight is 407 g/mol. The van der Waals surface area contributed by atoms with Crippen LogP contribution in [0.25, 0.3) is 16.9 Å². The summed E-state index contributed by atoms with van der Waals surface area (Å²) in [5.74, 6) is 1.26. The predicted molar refractivity (Wildman–Crippen MR) is 108 cm³/mol. The summed E-state index contributed by atoms with van der Waals surface area (Å²) in [7, 11) is 3.19. The van der Waals surface area contributed by atoms with Crippen molar-refractivity contribution in [1.29, 1.82) is 0 Å². The molecule has 7 heteroatoms. The van der Waals surface area contributed by atoms with Crippen LogP contribution in [0.5, 0.6) is 11.5 Å². The summed E-state index contributed by atoms with van der Waals surface area (Å²) in [4.78, 5) is 0. The molecule has 0 aliphatic rings. The number of methoxy groups -OCH3 is 2. The molecule has 0 atom stereocenters. The molecule has 27 heavy (non-hydrogen) atoms. The third-order valence-electron chi connectivity index (χ3n) is 4.18. The van der Waals surface area contributed by atoms with Crippen molar-refractivity contribution >= 4 is 23.2 Å². The fraction of sp³-hybridized carbons (Fsp3) is 0.250. The first-order valence-corrected chi connectivity index (χ1v) is 9.20. The smallest absolute Gasteiger partial charge is 0.162 e. The largest absolute Gasteiger partial charge is 0.493 e. The van der Waals surface area contributed by atoms with Crippen molar-refractivity contribution in [2.24, 2.45) is 0 Å². The van der Waals surface area contributed by atoms with Crippen LogP contribution in [0.3, 0.4) is 0 Å². The lowest BCUT2D eigenvalue weighted by molar-refractivity contribution is 0.288. The molecule has 0 radical (unpaired) electrons. The quantitative estimate of drug-likeness (QED) is 0.612. The molecule has 0 bridgehead atoms. The maximum atomic E-state index is 9.13. The van der Waals surface area contributed by atoms with Gasteiger partial charge < -0.3 is 14.6 Å². The first-order chi connectivity index (χ1) is 13.1. The van der Waals surface area contributed by atoms with Gasteiger partial charge in [-0.3, -0.25) is 0 Å². The van der Waals surface area contributed by atoms with Crippen molar-refractivity contribution in [3.05, 3.63) is 58.2 Å². The van der Waals surface area contributed by atoms with Gasteiger partial charge in [0.1, 0.15) is 0 Å². The Hall–Kier alpha value is -2.21. The molecule has 3 aromatic rings. The molecule has 1 heterocycles. The normalized spacial score (nSPS) is 10.9. The molecule has 3 rings (SSSR count). The highest BCUT2D eigenvalue weighted by Crippen LogP contribution is 2.33. The number of aromatic nitrogens is 2. The Bertz CT molecular complexity index is 941. The third kappa shape index (κ3) is 4.21. The lowest BCUT2D eigenvalue weighted by Crippen LogP contribution is -2.01. The zero-order valence-electron chi connectivity index (χ0n) is 15.1. The van der Waals surface area contributed by atoms with Gasteiger partial charge >= 0.3 is 0 Å². The SMILES string of the molecule is COc1ccc(-n2nc(CCCO)cc2-c2ccc(Cl)c(Cl)c2)cc1OC. The number of benzene rings is 2. The summed E-state index contributed by atoms with van der Waals surface area (Å²) in [6.07, 6.45) is 1.31. The zero-order valence-corrected chi connectivity index (χ0v) is 16.6. The Morgan fingerprint density at radius 3 is 2.41 bits per heavy atom. The van der Waals surface area contributed by atoms with E-state index < -0.39 is 0 Å². The monoisotopic (exact) mass is 406 g/mol. The molecule has 0 fully saturated rings. The number of aryl methyl sites for hydroxylation is 1. The Morgan fingerprint density at radius 1 is 0.963 bits per heavy atom. The van der Waals surface area contributed by atoms with Gasteiger partial charge in [0.25, 0.3) is 0 Å². The van der Waals surface area contributed by atoms with Gasteiger partial charge in [0.05, 0.1) is 41.3 Å². The highest BCUT2D eigenvalue weighted by atomic mass is 35.5. The van der Waals surface area contributed by atoms with Crippen LogP contribution in [-0.2, 0) is 6.42 Å². The summed E-state index contributed by atoms with van der Waals surface area (Å²) in [5, 5.41) is 14.8. The summed E-state index contributed by atoms with van der Waals surface area (Å²) < 4.78 is 12.6. The zero-order chi connectivity index (χ0) is 19.4. The maximum absolute atomic E-state index is 9.13. The van der Waals surface area contributed by atoms with E-state index in [1.165, 1.54) is 0 Å². The number of rotatable bonds is 7. The summed E-state index contributed by atoms with van der Waals surface area (Å²) in [6.45, 7) is 0.116.